The Hall–Kier alpha value is -0.880. The zero-order valence-electron chi connectivity index (χ0n) is 8.34. The van der Waals surface area contributed by atoms with Gasteiger partial charge < -0.3 is 0 Å². The SMILES string of the molecule is CC(C)(C)Sc1nc(NN)ncc1F. The molecule has 0 unspecified atom stereocenters. The van der Waals surface area contributed by atoms with Gasteiger partial charge in [0.2, 0.25) is 5.95 Å². The Labute approximate surface area is 86.5 Å². The topological polar surface area (TPSA) is 63.8 Å². The average molecular weight is 216 g/mol. The van der Waals surface area contributed by atoms with Gasteiger partial charge in [0, 0.05) is 4.75 Å². The van der Waals surface area contributed by atoms with Crippen molar-refractivity contribution in [1.82, 2.24) is 9.97 Å². The van der Waals surface area contributed by atoms with Gasteiger partial charge in [-0.25, -0.2) is 20.2 Å². The fraction of sp³-hybridized carbons (Fsp3) is 0.500. The van der Waals surface area contributed by atoms with Crippen LogP contribution in [0.4, 0.5) is 10.3 Å². The van der Waals surface area contributed by atoms with Crippen LogP contribution in [0.1, 0.15) is 20.8 Å². The lowest BCUT2D eigenvalue weighted by atomic mass is 10.3. The van der Waals surface area contributed by atoms with Gasteiger partial charge in [0.15, 0.2) is 5.82 Å². The van der Waals surface area contributed by atoms with E-state index in [0.29, 0.717) is 5.03 Å². The highest BCUT2D eigenvalue weighted by molar-refractivity contribution is 8.00. The van der Waals surface area contributed by atoms with Crippen LogP contribution in [0.5, 0.6) is 0 Å². The third-order valence-corrected chi connectivity index (χ3v) is 2.34. The fourth-order valence-electron chi connectivity index (χ4n) is 0.783. The van der Waals surface area contributed by atoms with E-state index in [9.17, 15) is 4.39 Å². The summed E-state index contributed by atoms with van der Waals surface area (Å²) in [6.07, 6.45) is 1.11. The van der Waals surface area contributed by atoms with Gasteiger partial charge >= 0.3 is 0 Å². The minimum Gasteiger partial charge on any atom is -0.292 e. The monoisotopic (exact) mass is 216 g/mol. The Morgan fingerprint density at radius 1 is 1.50 bits per heavy atom. The molecule has 0 aromatic carbocycles. The standard InChI is InChI=1S/C8H13FN4S/c1-8(2,3)14-6-5(9)4-11-7(12-6)13-10/h4H,10H2,1-3H3,(H,11,12,13). The minimum absolute atomic E-state index is 0.0962. The summed E-state index contributed by atoms with van der Waals surface area (Å²) in [5, 5.41) is 0.306. The number of halogens is 1. The summed E-state index contributed by atoms with van der Waals surface area (Å²) in [5.41, 5.74) is 2.28. The molecule has 0 aliphatic heterocycles. The number of nitrogen functional groups attached to an aromatic ring is 1. The van der Waals surface area contributed by atoms with Crippen LogP contribution in [-0.2, 0) is 0 Å². The Morgan fingerprint density at radius 2 is 2.14 bits per heavy atom. The molecule has 1 aromatic heterocycles. The van der Waals surface area contributed by atoms with E-state index < -0.39 is 5.82 Å². The number of hydrazine groups is 1. The first-order chi connectivity index (χ1) is 6.42. The van der Waals surface area contributed by atoms with E-state index in [2.05, 4.69) is 15.4 Å². The molecule has 0 saturated heterocycles. The first kappa shape index (κ1) is 11.2. The van der Waals surface area contributed by atoms with E-state index in [0.717, 1.165) is 6.20 Å². The molecule has 4 nitrogen and oxygen atoms in total. The van der Waals surface area contributed by atoms with Crippen molar-refractivity contribution in [2.24, 2.45) is 5.84 Å². The average Bonchev–Trinajstić information content (AvgIpc) is 2.06. The third kappa shape index (κ3) is 3.12. The number of nitrogens with zero attached hydrogens (tertiary/aromatic N) is 2. The number of nitrogens with one attached hydrogen (secondary N) is 1. The molecule has 1 aromatic rings. The van der Waals surface area contributed by atoms with Crippen LogP contribution in [0.2, 0.25) is 0 Å². The summed E-state index contributed by atoms with van der Waals surface area (Å²) in [7, 11) is 0. The number of nitrogens with two attached hydrogens (primary N) is 1. The van der Waals surface area contributed by atoms with Gasteiger partial charge in [0.25, 0.3) is 0 Å². The molecule has 3 N–H and O–H groups in total. The Bertz CT molecular complexity index is 324. The number of aromatic nitrogens is 2. The van der Waals surface area contributed by atoms with Crippen molar-refractivity contribution >= 4 is 17.7 Å². The second kappa shape index (κ2) is 4.10. The van der Waals surface area contributed by atoms with Gasteiger partial charge in [0.05, 0.1) is 6.20 Å². The Balaban J connectivity index is 2.95. The number of anilines is 1. The van der Waals surface area contributed by atoms with Crippen molar-refractivity contribution < 1.29 is 4.39 Å². The van der Waals surface area contributed by atoms with E-state index in [1.807, 2.05) is 20.8 Å². The van der Waals surface area contributed by atoms with Crippen molar-refractivity contribution in [2.75, 3.05) is 5.43 Å². The van der Waals surface area contributed by atoms with Gasteiger partial charge in [0.1, 0.15) is 5.03 Å². The highest BCUT2D eigenvalue weighted by atomic mass is 32.2. The maximum atomic E-state index is 13.2. The molecular weight excluding hydrogens is 203 g/mol. The van der Waals surface area contributed by atoms with Crippen molar-refractivity contribution in [2.45, 2.75) is 30.5 Å². The zero-order valence-corrected chi connectivity index (χ0v) is 9.15. The van der Waals surface area contributed by atoms with Gasteiger partial charge in [-0.1, -0.05) is 32.5 Å². The van der Waals surface area contributed by atoms with Crippen LogP contribution < -0.4 is 11.3 Å². The summed E-state index contributed by atoms with van der Waals surface area (Å²) in [6, 6.07) is 0. The van der Waals surface area contributed by atoms with Crippen molar-refractivity contribution in [3.63, 3.8) is 0 Å². The van der Waals surface area contributed by atoms with Crippen LogP contribution in [0.3, 0.4) is 0 Å². The second-order valence-electron chi connectivity index (χ2n) is 3.71. The molecule has 0 atom stereocenters. The highest BCUT2D eigenvalue weighted by Crippen LogP contribution is 2.32. The lowest BCUT2D eigenvalue weighted by molar-refractivity contribution is 0.578. The molecule has 0 radical (unpaired) electrons. The first-order valence-electron chi connectivity index (χ1n) is 4.10. The first-order valence-corrected chi connectivity index (χ1v) is 4.92. The largest absolute Gasteiger partial charge is 0.292 e. The minimum atomic E-state index is -0.427. The van der Waals surface area contributed by atoms with E-state index in [1.165, 1.54) is 11.8 Å². The zero-order chi connectivity index (χ0) is 10.8. The maximum absolute atomic E-state index is 13.2. The van der Waals surface area contributed by atoms with E-state index in [-0.39, 0.29) is 10.7 Å². The highest BCUT2D eigenvalue weighted by Gasteiger charge is 2.17. The lowest BCUT2D eigenvalue weighted by Crippen LogP contribution is -2.13. The Kier molecular flexibility index (Phi) is 3.28. The molecule has 1 heterocycles. The number of hydrogen-bond acceptors (Lipinski definition) is 5. The third-order valence-electron chi connectivity index (χ3n) is 1.24. The number of rotatable bonds is 2. The normalized spacial score (nSPS) is 11.5. The summed E-state index contributed by atoms with van der Waals surface area (Å²) >= 11 is 1.34. The van der Waals surface area contributed by atoms with Crippen LogP contribution in [0.15, 0.2) is 11.2 Å². The lowest BCUT2D eigenvalue weighted by Gasteiger charge is -2.17. The molecule has 0 spiro atoms. The van der Waals surface area contributed by atoms with Gasteiger partial charge in [-0.15, -0.1) is 0 Å². The molecule has 1 rings (SSSR count). The predicted octanol–water partition coefficient (Wildman–Crippen LogP) is 1.79. The fourth-order valence-corrected chi connectivity index (χ4v) is 1.64. The summed E-state index contributed by atoms with van der Waals surface area (Å²) < 4.78 is 13.1. The molecule has 0 amide bonds. The van der Waals surface area contributed by atoms with E-state index in [4.69, 9.17) is 5.84 Å². The van der Waals surface area contributed by atoms with Crippen LogP contribution in [0.25, 0.3) is 0 Å². The number of thioether (sulfide) groups is 1. The molecule has 0 fully saturated rings. The maximum Gasteiger partial charge on any atom is 0.238 e. The van der Waals surface area contributed by atoms with Crippen LogP contribution >= 0.6 is 11.8 Å². The summed E-state index contributed by atoms with van der Waals surface area (Å²) in [6.45, 7) is 5.94. The van der Waals surface area contributed by atoms with Crippen molar-refractivity contribution in [3.8, 4) is 0 Å². The van der Waals surface area contributed by atoms with Crippen molar-refractivity contribution in [1.29, 1.82) is 0 Å². The molecule has 0 aliphatic rings. The molecule has 6 heteroatoms. The smallest absolute Gasteiger partial charge is 0.238 e. The van der Waals surface area contributed by atoms with E-state index in [1.54, 1.807) is 0 Å². The quantitative estimate of drug-likeness (QED) is 0.341. The molecule has 14 heavy (non-hydrogen) atoms. The van der Waals surface area contributed by atoms with Gasteiger partial charge in [-0.2, -0.15) is 0 Å². The molecular formula is C8H13FN4S. The van der Waals surface area contributed by atoms with Gasteiger partial charge in [-0.3, -0.25) is 5.43 Å². The molecule has 78 valence electrons. The molecule has 0 bridgehead atoms. The molecule has 0 saturated carbocycles. The van der Waals surface area contributed by atoms with Crippen LogP contribution in [0, 0.1) is 5.82 Å². The summed E-state index contributed by atoms with van der Waals surface area (Å²) in [5.74, 6) is 4.92. The second-order valence-corrected chi connectivity index (χ2v) is 5.52. The van der Waals surface area contributed by atoms with E-state index >= 15 is 0 Å². The van der Waals surface area contributed by atoms with Gasteiger partial charge in [-0.05, 0) is 0 Å². The van der Waals surface area contributed by atoms with Crippen molar-refractivity contribution in [3.05, 3.63) is 12.0 Å². The summed E-state index contributed by atoms with van der Waals surface area (Å²) in [4.78, 5) is 7.57. The Morgan fingerprint density at radius 3 is 2.64 bits per heavy atom. The predicted molar refractivity (Wildman–Crippen MR) is 55.4 cm³/mol. The number of hydrogen-bond donors (Lipinski definition) is 2. The van der Waals surface area contributed by atoms with Crippen LogP contribution in [-0.4, -0.2) is 14.7 Å². The molecule has 0 aliphatic carbocycles.